The molecule has 1 aliphatic heterocycles. The van der Waals surface area contributed by atoms with Crippen LogP contribution in [-0.4, -0.2) is 60.3 Å². The van der Waals surface area contributed by atoms with E-state index in [0.29, 0.717) is 17.3 Å². The van der Waals surface area contributed by atoms with Gasteiger partial charge in [0.15, 0.2) is 0 Å². The van der Waals surface area contributed by atoms with E-state index in [0.717, 1.165) is 32.7 Å². The molecule has 1 saturated heterocycles. The van der Waals surface area contributed by atoms with E-state index in [4.69, 9.17) is 16.3 Å². The smallest absolute Gasteiger partial charge is 0.138 e. The van der Waals surface area contributed by atoms with Gasteiger partial charge in [0.1, 0.15) is 18.5 Å². The van der Waals surface area contributed by atoms with Gasteiger partial charge in [-0.25, -0.2) is 0 Å². The third-order valence-electron chi connectivity index (χ3n) is 4.86. The van der Waals surface area contributed by atoms with Gasteiger partial charge in [-0.3, -0.25) is 9.80 Å². The van der Waals surface area contributed by atoms with Gasteiger partial charge in [-0.2, -0.15) is 0 Å². The highest BCUT2D eigenvalue weighted by Gasteiger charge is 2.20. The number of nitrogens with zero attached hydrogens (tertiary/aromatic N) is 2. The molecule has 5 heteroatoms. The molecule has 1 N–H and O–H groups in total. The number of halogens is 1. The highest BCUT2D eigenvalue weighted by atomic mass is 35.5. The van der Waals surface area contributed by atoms with Gasteiger partial charge >= 0.3 is 0 Å². The fourth-order valence-corrected chi connectivity index (χ4v) is 3.45. The number of β-amino-alcohol motifs (C(OH)–C–C–N with tert-alkyl or cyclic N) is 1. The minimum atomic E-state index is -0.519. The minimum absolute atomic E-state index is 0.257. The Labute approximate surface area is 160 Å². The lowest BCUT2D eigenvalue weighted by Crippen LogP contribution is -2.48. The summed E-state index contributed by atoms with van der Waals surface area (Å²) in [6.07, 6.45) is -0.519. The van der Waals surface area contributed by atoms with Crippen LogP contribution in [0.25, 0.3) is 0 Å². The predicted octanol–water partition coefficient (Wildman–Crippen LogP) is 3.21. The molecule has 0 aromatic heterocycles. The molecule has 1 fully saturated rings. The number of aliphatic hydroxyl groups is 1. The molecular formula is C21H27ClN2O2. The molecule has 0 aliphatic carbocycles. The van der Waals surface area contributed by atoms with E-state index in [1.165, 1.54) is 11.1 Å². The Bertz CT molecular complexity index is 702. The molecule has 0 saturated carbocycles. The zero-order valence-electron chi connectivity index (χ0n) is 15.3. The fourth-order valence-electron chi connectivity index (χ4n) is 3.26. The number of hydrogen-bond donors (Lipinski definition) is 1. The van der Waals surface area contributed by atoms with Gasteiger partial charge in [-0.15, -0.1) is 0 Å². The summed E-state index contributed by atoms with van der Waals surface area (Å²) >= 11 is 6.07. The Morgan fingerprint density at radius 2 is 1.65 bits per heavy atom. The van der Waals surface area contributed by atoms with Gasteiger partial charge in [0.2, 0.25) is 0 Å². The second-order valence-corrected chi connectivity index (χ2v) is 7.31. The second kappa shape index (κ2) is 9.38. The molecule has 3 rings (SSSR count). The van der Waals surface area contributed by atoms with Crippen LogP contribution in [0.1, 0.15) is 11.1 Å². The number of piperazine rings is 1. The lowest BCUT2D eigenvalue weighted by molar-refractivity contribution is 0.0446. The molecule has 2 aromatic rings. The maximum absolute atomic E-state index is 10.3. The van der Waals surface area contributed by atoms with Crippen molar-refractivity contribution in [1.29, 1.82) is 0 Å². The average Bonchev–Trinajstić information content (AvgIpc) is 2.64. The van der Waals surface area contributed by atoms with E-state index in [-0.39, 0.29) is 6.61 Å². The Hall–Kier alpha value is -1.59. The molecule has 2 aromatic carbocycles. The molecule has 1 aliphatic rings. The molecule has 0 radical (unpaired) electrons. The SMILES string of the molecule is Cc1ccccc1CN1CCN(CC(O)COc2ccccc2Cl)CC1. The molecule has 4 nitrogen and oxygen atoms in total. The van der Waals surface area contributed by atoms with Crippen molar-refractivity contribution in [1.82, 2.24) is 9.80 Å². The number of rotatable bonds is 7. The summed E-state index contributed by atoms with van der Waals surface area (Å²) in [7, 11) is 0. The van der Waals surface area contributed by atoms with Crippen LogP contribution < -0.4 is 4.74 Å². The number of benzene rings is 2. The van der Waals surface area contributed by atoms with Crippen molar-refractivity contribution in [2.24, 2.45) is 0 Å². The van der Waals surface area contributed by atoms with E-state index in [9.17, 15) is 5.11 Å². The zero-order valence-corrected chi connectivity index (χ0v) is 16.0. The van der Waals surface area contributed by atoms with Gasteiger partial charge in [0.25, 0.3) is 0 Å². The first-order chi connectivity index (χ1) is 12.6. The first kappa shape index (κ1) is 19.2. The van der Waals surface area contributed by atoms with Crippen LogP contribution in [0.3, 0.4) is 0 Å². The van der Waals surface area contributed by atoms with Crippen molar-refractivity contribution in [2.75, 3.05) is 39.3 Å². The third-order valence-corrected chi connectivity index (χ3v) is 5.17. The zero-order chi connectivity index (χ0) is 18.4. The van der Waals surface area contributed by atoms with Crippen LogP contribution in [0.2, 0.25) is 5.02 Å². The number of hydrogen-bond acceptors (Lipinski definition) is 4. The summed E-state index contributed by atoms with van der Waals surface area (Å²) in [4.78, 5) is 4.78. The Morgan fingerprint density at radius 3 is 2.38 bits per heavy atom. The maximum Gasteiger partial charge on any atom is 0.138 e. The lowest BCUT2D eigenvalue weighted by atomic mass is 10.1. The summed E-state index contributed by atoms with van der Waals surface area (Å²) in [5.74, 6) is 0.622. The van der Waals surface area contributed by atoms with E-state index < -0.39 is 6.10 Å². The highest BCUT2D eigenvalue weighted by molar-refractivity contribution is 6.32. The van der Waals surface area contributed by atoms with Gasteiger partial charge < -0.3 is 9.84 Å². The molecule has 0 bridgehead atoms. The van der Waals surface area contributed by atoms with Gasteiger partial charge in [0, 0.05) is 39.3 Å². The number of para-hydroxylation sites is 1. The average molecular weight is 375 g/mol. The quantitative estimate of drug-likeness (QED) is 0.807. The first-order valence-corrected chi connectivity index (χ1v) is 9.54. The predicted molar refractivity (Wildman–Crippen MR) is 106 cm³/mol. The fraction of sp³-hybridized carbons (Fsp3) is 0.429. The number of aliphatic hydroxyl groups excluding tert-OH is 1. The molecule has 1 unspecified atom stereocenters. The summed E-state index contributed by atoms with van der Waals surface area (Å²) in [6.45, 7) is 8.03. The van der Waals surface area contributed by atoms with Crippen LogP contribution >= 0.6 is 11.6 Å². The Morgan fingerprint density at radius 1 is 1.00 bits per heavy atom. The van der Waals surface area contributed by atoms with Gasteiger partial charge in [0.05, 0.1) is 5.02 Å². The van der Waals surface area contributed by atoms with E-state index in [1.807, 2.05) is 18.2 Å². The van der Waals surface area contributed by atoms with Crippen molar-refractivity contribution in [3.63, 3.8) is 0 Å². The van der Waals surface area contributed by atoms with Crippen LogP contribution in [0, 0.1) is 6.92 Å². The largest absolute Gasteiger partial charge is 0.489 e. The van der Waals surface area contributed by atoms with Crippen molar-refractivity contribution < 1.29 is 9.84 Å². The molecule has 140 valence electrons. The van der Waals surface area contributed by atoms with Crippen molar-refractivity contribution >= 4 is 11.6 Å². The molecule has 26 heavy (non-hydrogen) atoms. The monoisotopic (exact) mass is 374 g/mol. The molecule has 1 heterocycles. The van der Waals surface area contributed by atoms with E-state index >= 15 is 0 Å². The maximum atomic E-state index is 10.3. The number of ether oxygens (including phenoxy) is 1. The second-order valence-electron chi connectivity index (χ2n) is 6.90. The number of aryl methyl sites for hydroxylation is 1. The standard InChI is InChI=1S/C21H27ClN2O2/c1-17-6-2-3-7-18(17)14-23-10-12-24(13-11-23)15-19(25)16-26-21-9-5-4-8-20(21)22/h2-9,19,25H,10-16H2,1H3. The Kier molecular flexibility index (Phi) is 6.92. The van der Waals surface area contributed by atoms with Crippen molar-refractivity contribution in [3.05, 3.63) is 64.7 Å². The van der Waals surface area contributed by atoms with Crippen LogP contribution in [0.4, 0.5) is 0 Å². The summed E-state index contributed by atoms with van der Waals surface area (Å²) in [5, 5.41) is 10.8. The third kappa shape index (κ3) is 5.45. The van der Waals surface area contributed by atoms with Gasteiger partial charge in [-0.05, 0) is 30.2 Å². The van der Waals surface area contributed by atoms with Crippen molar-refractivity contribution in [3.8, 4) is 5.75 Å². The van der Waals surface area contributed by atoms with Crippen LogP contribution in [-0.2, 0) is 6.54 Å². The van der Waals surface area contributed by atoms with Gasteiger partial charge in [-0.1, -0.05) is 48.0 Å². The normalized spacial score (nSPS) is 17.2. The first-order valence-electron chi connectivity index (χ1n) is 9.16. The molecular weight excluding hydrogens is 348 g/mol. The van der Waals surface area contributed by atoms with E-state index in [1.54, 1.807) is 6.07 Å². The molecule has 0 spiro atoms. The summed E-state index contributed by atoms with van der Waals surface area (Å²) in [5.41, 5.74) is 2.75. The summed E-state index contributed by atoms with van der Waals surface area (Å²) in [6, 6.07) is 15.9. The minimum Gasteiger partial charge on any atom is -0.489 e. The van der Waals surface area contributed by atoms with Crippen LogP contribution in [0.5, 0.6) is 5.75 Å². The molecule has 1 atom stereocenters. The topological polar surface area (TPSA) is 35.9 Å². The van der Waals surface area contributed by atoms with E-state index in [2.05, 4.69) is 41.0 Å². The summed E-state index contributed by atoms with van der Waals surface area (Å²) < 4.78 is 5.63. The lowest BCUT2D eigenvalue weighted by Gasteiger charge is -2.35. The molecule has 0 amide bonds. The van der Waals surface area contributed by atoms with Crippen molar-refractivity contribution in [2.45, 2.75) is 19.6 Å². The van der Waals surface area contributed by atoms with Crippen LogP contribution in [0.15, 0.2) is 48.5 Å². The highest BCUT2D eigenvalue weighted by Crippen LogP contribution is 2.23. The Balaban J connectivity index is 1.39.